The lowest BCUT2D eigenvalue weighted by molar-refractivity contribution is 0.275. The SMILES string of the molecule is N#Cc1cccnc1Oc1ccc2c(c1)COB2O. The summed E-state index contributed by atoms with van der Waals surface area (Å²) in [5.41, 5.74) is 1.99. The van der Waals surface area contributed by atoms with E-state index in [1.54, 1.807) is 36.5 Å². The van der Waals surface area contributed by atoms with Crippen molar-refractivity contribution in [3.63, 3.8) is 0 Å². The van der Waals surface area contributed by atoms with Gasteiger partial charge in [-0.2, -0.15) is 5.26 Å². The lowest BCUT2D eigenvalue weighted by Crippen LogP contribution is -2.27. The zero-order chi connectivity index (χ0) is 13.2. The molecule has 0 spiro atoms. The van der Waals surface area contributed by atoms with Crippen molar-refractivity contribution in [3.05, 3.63) is 47.7 Å². The summed E-state index contributed by atoms with van der Waals surface area (Å²) in [6, 6.07) is 10.6. The lowest BCUT2D eigenvalue weighted by atomic mass is 9.80. The molecule has 0 aliphatic carbocycles. The van der Waals surface area contributed by atoms with Crippen LogP contribution in [-0.4, -0.2) is 17.1 Å². The van der Waals surface area contributed by atoms with E-state index in [1.165, 1.54) is 0 Å². The predicted molar refractivity (Wildman–Crippen MR) is 67.9 cm³/mol. The van der Waals surface area contributed by atoms with Crippen LogP contribution in [0.3, 0.4) is 0 Å². The summed E-state index contributed by atoms with van der Waals surface area (Å²) in [5, 5.41) is 18.5. The highest BCUT2D eigenvalue weighted by molar-refractivity contribution is 6.61. The van der Waals surface area contributed by atoms with Gasteiger partial charge in [0.2, 0.25) is 5.88 Å². The molecule has 3 rings (SSSR count). The lowest BCUT2D eigenvalue weighted by Gasteiger charge is -2.07. The van der Waals surface area contributed by atoms with Crippen LogP contribution in [0, 0.1) is 11.3 Å². The summed E-state index contributed by atoms with van der Waals surface area (Å²) < 4.78 is 10.7. The predicted octanol–water partition coefficient (Wildman–Crippen LogP) is 0.963. The van der Waals surface area contributed by atoms with Crippen molar-refractivity contribution in [2.45, 2.75) is 6.61 Å². The maximum atomic E-state index is 9.53. The van der Waals surface area contributed by atoms with Gasteiger partial charge in [-0.1, -0.05) is 6.07 Å². The van der Waals surface area contributed by atoms with E-state index < -0.39 is 7.12 Å². The highest BCUT2D eigenvalue weighted by atomic mass is 16.5. The van der Waals surface area contributed by atoms with E-state index in [0.29, 0.717) is 17.9 Å². The van der Waals surface area contributed by atoms with E-state index >= 15 is 0 Å². The van der Waals surface area contributed by atoms with Crippen LogP contribution < -0.4 is 10.2 Å². The highest BCUT2D eigenvalue weighted by Crippen LogP contribution is 2.24. The minimum Gasteiger partial charge on any atom is -0.438 e. The Balaban J connectivity index is 1.91. The number of fused-ring (bicyclic) bond motifs is 1. The molecule has 6 heteroatoms. The molecular weight excluding hydrogens is 243 g/mol. The number of nitriles is 1. The van der Waals surface area contributed by atoms with Gasteiger partial charge in [-0.15, -0.1) is 0 Å². The second-order valence-corrected chi connectivity index (χ2v) is 4.09. The molecule has 5 nitrogen and oxygen atoms in total. The molecule has 0 bridgehead atoms. The second kappa shape index (κ2) is 4.73. The van der Waals surface area contributed by atoms with Crippen LogP contribution in [0.15, 0.2) is 36.5 Å². The third kappa shape index (κ3) is 2.17. The van der Waals surface area contributed by atoms with E-state index in [9.17, 15) is 5.02 Å². The molecule has 0 saturated heterocycles. The maximum absolute atomic E-state index is 9.53. The fourth-order valence-corrected chi connectivity index (χ4v) is 1.94. The largest absolute Gasteiger partial charge is 0.491 e. The Labute approximate surface area is 110 Å². The summed E-state index contributed by atoms with van der Waals surface area (Å²) in [6.45, 7) is 0.348. The molecule has 0 atom stereocenters. The third-order valence-electron chi connectivity index (χ3n) is 2.88. The molecule has 1 aromatic carbocycles. The fourth-order valence-electron chi connectivity index (χ4n) is 1.94. The Hall–Kier alpha value is -2.36. The molecule has 0 fully saturated rings. The molecule has 1 aliphatic rings. The van der Waals surface area contributed by atoms with Crippen LogP contribution >= 0.6 is 0 Å². The fraction of sp³-hybridized carbons (Fsp3) is 0.0769. The van der Waals surface area contributed by atoms with Crippen LogP contribution in [0.1, 0.15) is 11.1 Å². The number of pyridine rings is 1. The maximum Gasteiger partial charge on any atom is 0.491 e. The Kier molecular flexibility index (Phi) is 2.92. The molecule has 19 heavy (non-hydrogen) atoms. The zero-order valence-electron chi connectivity index (χ0n) is 9.91. The summed E-state index contributed by atoms with van der Waals surface area (Å²) in [5.74, 6) is 0.830. The van der Waals surface area contributed by atoms with Crippen molar-refractivity contribution < 1.29 is 14.4 Å². The number of hydrogen-bond donors (Lipinski definition) is 1. The average Bonchev–Trinajstić information content (AvgIpc) is 2.81. The van der Waals surface area contributed by atoms with Crippen molar-refractivity contribution >= 4 is 12.6 Å². The molecular formula is C13H9BN2O3. The molecule has 2 aromatic rings. The van der Waals surface area contributed by atoms with Crippen molar-refractivity contribution in [1.29, 1.82) is 5.26 Å². The van der Waals surface area contributed by atoms with E-state index in [1.807, 2.05) is 6.07 Å². The Morgan fingerprint density at radius 1 is 1.42 bits per heavy atom. The van der Waals surface area contributed by atoms with E-state index in [4.69, 9.17) is 14.7 Å². The average molecular weight is 252 g/mol. The van der Waals surface area contributed by atoms with Gasteiger partial charge in [0.25, 0.3) is 0 Å². The summed E-state index contributed by atoms with van der Waals surface area (Å²) in [4.78, 5) is 4.03. The van der Waals surface area contributed by atoms with Gasteiger partial charge in [-0.3, -0.25) is 0 Å². The Bertz CT molecular complexity index is 669. The van der Waals surface area contributed by atoms with Gasteiger partial charge in [-0.05, 0) is 35.3 Å². The van der Waals surface area contributed by atoms with Gasteiger partial charge in [0.05, 0.1) is 6.61 Å². The second-order valence-electron chi connectivity index (χ2n) is 4.09. The molecule has 2 heterocycles. The summed E-state index contributed by atoms with van der Waals surface area (Å²) in [7, 11) is -0.867. The molecule has 0 radical (unpaired) electrons. The Morgan fingerprint density at radius 2 is 2.32 bits per heavy atom. The molecule has 0 saturated carbocycles. The van der Waals surface area contributed by atoms with Gasteiger partial charge < -0.3 is 14.4 Å². The van der Waals surface area contributed by atoms with Crippen LogP contribution in [0.4, 0.5) is 0 Å². The Morgan fingerprint density at radius 3 is 3.16 bits per heavy atom. The number of ether oxygens (including phenoxy) is 1. The quantitative estimate of drug-likeness (QED) is 0.805. The highest BCUT2D eigenvalue weighted by Gasteiger charge is 2.27. The number of hydrogen-bond acceptors (Lipinski definition) is 5. The van der Waals surface area contributed by atoms with E-state index in [0.717, 1.165) is 11.0 Å². The first kappa shape index (κ1) is 11.7. The number of benzene rings is 1. The van der Waals surface area contributed by atoms with Crippen LogP contribution in [-0.2, 0) is 11.3 Å². The molecule has 1 aliphatic heterocycles. The van der Waals surface area contributed by atoms with Gasteiger partial charge in [0.1, 0.15) is 17.4 Å². The molecule has 92 valence electrons. The molecule has 1 N–H and O–H groups in total. The smallest absolute Gasteiger partial charge is 0.438 e. The van der Waals surface area contributed by atoms with E-state index in [-0.39, 0.29) is 5.88 Å². The van der Waals surface area contributed by atoms with Crippen molar-refractivity contribution in [2.24, 2.45) is 0 Å². The molecule has 0 unspecified atom stereocenters. The van der Waals surface area contributed by atoms with Crippen molar-refractivity contribution in [3.8, 4) is 17.7 Å². The standard InChI is InChI=1S/C13H9BN2O3/c15-7-9-2-1-5-16-13(9)19-11-3-4-12-10(6-11)8-18-14(12)17/h1-6,17H,8H2. The number of rotatable bonds is 2. The summed E-state index contributed by atoms with van der Waals surface area (Å²) in [6.07, 6.45) is 1.57. The zero-order valence-corrected chi connectivity index (χ0v) is 9.91. The first-order valence-corrected chi connectivity index (χ1v) is 5.73. The molecule has 0 amide bonds. The van der Waals surface area contributed by atoms with Crippen LogP contribution in [0.5, 0.6) is 11.6 Å². The van der Waals surface area contributed by atoms with Gasteiger partial charge in [-0.25, -0.2) is 4.98 Å². The first-order chi connectivity index (χ1) is 9.28. The number of aromatic nitrogens is 1. The first-order valence-electron chi connectivity index (χ1n) is 5.73. The number of nitrogens with zero attached hydrogens (tertiary/aromatic N) is 2. The van der Waals surface area contributed by atoms with Crippen LogP contribution in [0.25, 0.3) is 0 Å². The van der Waals surface area contributed by atoms with Crippen molar-refractivity contribution in [1.82, 2.24) is 4.98 Å². The van der Waals surface area contributed by atoms with Gasteiger partial charge >= 0.3 is 7.12 Å². The minimum atomic E-state index is -0.867. The normalized spacial score (nSPS) is 12.9. The van der Waals surface area contributed by atoms with Crippen LogP contribution in [0.2, 0.25) is 0 Å². The minimum absolute atomic E-state index is 0.268. The molecule has 1 aromatic heterocycles. The van der Waals surface area contributed by atoms with Crippen molar-refractivity contribution in [2.75, 3.05) is 0 Å². The third-order valence-corrected chi connectivity index (χ3v) is 2.88. The topological polar surface area (TPSA) is 75.4 Å². The summed E-state index contributed by atoms with van der Waals surface area (Å²) >= 11 is 0. The van der Waals surface area contributed by atoms with E-state index in [2.05, 4.69) is 4.98 Å². The van der Waals surface area contributed by atoms with Gasteiger partial charge in [0.15, 0.2) is 0 Å². The van der Waals surface area contributed by atoms with Gasteiger partial charge in [0, 0.05) is 6.20 Å². The monoisotopic (exact) mass is 252 g/mol.